The van der Waals surface area contributed by atoms with Gasteiger partial charge in [-0.05, 0) is 30.3 Å². The van der Waals surface area contributed by atoms with E-state index in [1.54, 1.807) is 25.3 Å². The molecule has 0 bridgehead atoms. The molecule has 4 aromatic rings. The van der Waals surface area contributed by atoms with E-state index < -0.39 is 5.97 Å². The smallest absolute Gasteiger partial charge is 0.338 e. The highest BCUT2D eigenvalue weighted by Gasteiger charge is 2.19. The zero-order chi connectivity index (χ0) is 20.0. The number of aryl methyl sites for hydroxylation is 1. The molecule has 3 aromatic heterocycles. The summed E-state index contributed by atoms with van der Waals surface area (Å²) in [5, 5.41) is 0.870. The number of fused-ring (bicyclic) bond motifs is 2. The number of esters is 1. The van der Waals surface area contributed by atoms with Gasteiger partial charge < -0.3 is 19.0 Å². The van der Waals surface area contributed by atoms with Crippen LogP contribution in [0.3, 0.4) is 0 Å². The van der Waals surface area contributed by atoms with Crippen molar-refractivity contribution in [1.82, 2.24) is 19.5 Å². The average molecular weight is 378 g/mol. The third kappa shape index (κ3) is 2.70. The second-order valence-corrected chi connectivity index (χ2v) is 6.41. The molecule has 0 spiro atoms. The molecule has 0 fully saturated rings. The van der Waals surface area contributed by atoms with E-state index in [9.17, 15) is 9.59 Å². The maximum absolute atomic E-state index is 11.9. The lowest BCUT2D eigenvalue weighted by Gasteiger charge is -2.07. The van der Waals surface area contributed by atoms with Crippen LogP contribution in [-0.4, -0.2) is 45.5 Å². The van der Waals surface area contributed by atoms with E-state index in [4.69, 9.17) is 9.47 Å². The summed E-state index contributed by atoms with van der Waals surface area (Å²) in [7, 11) is 4.74. The molecule has 0 amide bonds. The first kappa shape index (κ1) is 17.7. The molecule has 3 heterocycles. The summed E-state index contributed by atoms with van der Waals surface area (Å²) in [5.74, 6) is 0.616. The van der Waals surface area contributed by atoms with Crippen molar-refractivity contribution in [3.8, 4) is 17.3 Å². The fourth-order valence-electron chi connectivity index (χ4n) is 3.26. The lowest BCUT2D eigenvalue weighted by atomic mass is 10.2. The van der Waals surface area contributed by atoms with Crippen LogP contribution in [0.5, 0.6) is 5.75 Å². The Hall–Kier alpha value is -3.68. The van der Waals surface area contributed by atoms with Gasteiger partial charge in [0.15, 0.2) is 11.6 Å². The van der Waals surface area contributed by atoms with Crippen LogP contribution >= 0.6 is 0 Å². The Kier molecular flexibility index (Phi) is 4.11. The number of benzene rings is 1. The fraction of sp³-hybridized carbons (Fsp3) is 0.200. The first-order valence-electron chi connectivity index (χ1n) is 8.56. The largest absolute Gasteiger partial charge is 0.494 e. The SMILES string of the molecule is COC(=O)c1cc(OC)c2c(c1)nc(-c1cc3ccc(C(C)=O)nc3[nH]1)n2C. The van der Waals surface area contributed by atoms with Gasteiger partial charge in [0.25, 0.3) is 0 Å². The maximum atomic E-state index is 11.9. The molecule has 0 aliphatic heterocycles. The molecule has 0 saturated carbocycles. The van der Waals surface area contributed by atoms with Crippen LogP contribution in [0.25, 0.3) is 33.6 Å². The summed E-state index contributed by atoms with van der Waals surface area (Å²) in [6.45, 7) is 1.48. The molecule has 0 saturated heterocycles. The van der Waals surface area contributed by atoms with Gasteiger partial charge in [-0.2, -0.15) is 0 Å². The first-order valence-corrected chi connectivity index (χ1v) is 8.56. The molecule has 28 heavy (non-hydrogen) atoms. The summed E-state index contributed by atoms with van der Waals surface area (Å²) in [6.07, 6.45) is 0. The topological polar surface area (TPSA) is 99.1 Å². The number of ether oxygens (including phenoxy) is 2. The molecular formula is C20H18N4O4. The Bertz CT molecular complexity index is 1250. The highest BCUT2D eigenvalue weighted by atomic mass is 16.5. The van der Waals surface area contributed by atoms with E-state index >= 15 is 0 Å². The van der Waals surface area contributed by atoms with Crippen molar-refractivity contribution in [3.63, 3.8) is 0 Å². The van der Waals surface area contributed by atoms with Gasteiger partial charge in [-0.15, -0.1) is 0 Å². The Labute approximate surface area is 160 Å². The minimum absolute atomic E-state index is 0.0964. The molecule has 8 nitrogen and oxygen atoms in total. The van der Waals surface area contributed by atoms with E-state index in [0.717, 1.165) is 16.6 Å². The third-order valence-electron chi connectivity index (χ3n) is 4.66. The number of pyridine rings is 1. The average Bonchev–Trinajstić information content (AvgIpc) is 3.26. The molecule has 8 heteroatoms. The van der Waals surface area contributed by atoms with Crippen LogP contribution in [0.2, 0.25) is 0 Å². The number of H-pyrrole nitrogens is 1. The van der Waals surface area contributed by atoms with E-state index in [-0.39, 0.29) is 5.78 Å². The number of rotatable bonds is 4. The molecule has 142 valence electrons. The van der Waals surface area contributed by atoms with Crippen LogP contribution in [0.15, 0.2) is 30.3 Å². The zero-order valence-corrected chi connectivity index (χ0v) is 15.9. The minimum Gasteiger partial charge on any atom is -0.494 e. The zero-order valence-electron chi connectivity index (χ0n) is 15.9. The number of carbonyl (C=O) groups excluding carboxylic acids is 2. The number of hydrogen-bond acceptors (Lipinski definition) is 6. The highest BCUT2D eigenvalue weighted by Crippen LogP contribution is 2.32. The van der Waals surface area contributed by atoms with E-state index in [2.05, 4.69) is 15.0 Å². The van der Waals surface area contributed by atoms with E-state index in [1.807, 2.05) is 23.7 Å². The molecule has 0 radical (unpaired) electrons. The number of ketones is 1. The van der Waals surface area contributed by atoms with Crippen molar-refractivity contribution in [2.45, 2.75) is 6.92 Å². The second kappa shape index (κ2) is 6.49. The summed E-state index contributed by atoms with van der Waals surface area (Å²) >= 11 is 0. The Morgan fingerprint density at radius 1 is 1.11 bits per heavy atom. The van der Waals surface area contributed by atoms with Crippen LogP contribution in [0.4, 0.5) is 0 Å². The second-order valence-electron chi connectivity index (χ2n) is 6.41. The quantitative estimate of drug-likeness (QED) is 0.433. The van der Waals surface area contributed by atoms with Crippen LogP contribution in [-0.2, 0) is 11.8 Å². The lowest BCUT2D eigenvalue weighted by molar-refractivity contribution is 0.0600. The van der Waals surface area contributed by atoms with Gasteiger partial charge in [0, 0.05) is 19.4 Å². The van der Waals surface area contributed by atoms with Crippen LogP contribution in [0, 0.1) is 0 Å². The number of Topliss-reactive ketones (excluding diaryl/α,β-unsaturated/α-hetero) is 1. The van der Waals surface area contributed by atoms with Crippen LogP contribution < -0.4 is 4.74 Å². The molecule has 4 rings (SSSR count). The van der Waals surface area contributed by atoms with Crippen LogP contribution in [0.1, 0.15) is 27.8 Å². The van der Waals surface area contributed by atoms with Gasteiger partial charge in [-0.25, -0.2) is 14.8 Å². The van der Waals surface area contributed by atoms with E-state index in [0.29, 0.717) is 34.0 Å². The van der Waals surface area contributed by atoms with Gasteiger partial charge in [0.1, 0.15) is 22.6 Å². The molecular weight excluding hydrogens is 360 g/mol. The molecule has 0 unspecified atom stereocenters. The number of carbonyl (C=O) groups is 2. The van der Waals surface area contributed by atoms with Crippen molar-refractivity contribution in [2.24, 2.45) is 7.05 Å². The van der Waals surface area contributed by atoms with Gasteiger partial charge >= 0.3 is 5.97 Å². The number of nitrogens with zero attached hydrogens (tertiary/aromatic N) is 3. The van der Waals surface area contributed by atoms with Crippen molar-refractivity contribution in [1.29, 1.82) is 0 Å². The lowest BCUT2D eigenvalue weighted by Crippen LogP contribution is -2.02. The predicted octanol–water partition coefficient (Wildman–Crippen LogP) is 3.11. The van der Waals surface area contributed by atoms with Crippen molar-refractivity contribution >= 4 is 33.8 Å². The maximum Gasteiger partial charge on any atom is 0.338 e. The highest BCUT2D eigenvalue weighted by molar-refractivity contribution is 5.98. The molecule has 1 N–H and O–H groups in total. The molecule has 0 atom stereocenters. The molecule has 0 aliphatic carbocycles. The van der Waals surface area contributed by atoms with Gasteiger partial charge in [-0.3, -0.25) is 4.79 Å². The molecule has 0 aliphatic rings. The Balaban J connectivity index is 1.91. The van der Waals surface area contributed by atoms with Gasteiger partial charge in [0.05, 0.1) is 31.0 Å². The minimum atomic E-state index is -0.459. The third-order valence-corrected chi connectivity index (χ3v) is 4.66. The van der Waals surface area contributed by atoms with E-state index in [1.165, 1.54) is 14.0 Å². The van der Waals surface area contributed by atoms with Crippen molar-refractivity contribution in [2.75, 3.05) is 14.2 Å². The standard InChI is InChI=1S/C20H18N4O4/c1-10(25)13-6-5-11-7-15(22-18(11)21-13)19-23-14-8-12(20(26)28-4)9-16(27-3)17(14)24(19)2/h5-9H,1-4H3,(H,21,22). The Morgan fingerprint density at radius 3 is 2.57 bits per heavy atom. The van der Waals surface area contributed by atoms with Gasteiger partial charge in [0.2, 0.25) is 0 Å². The monoisotopic (exact) mass is 378 g/mol. The summed E-state index contributed by atoms with van der Waals surface area (Å²) < 4.78 is 12.2. The number of hydrogen-bond donors (Lipinski definition) is 1. The van der Waals surface area contributed by atoms with Crippen molar-refractivity contribution in [3.05, 3.63) is 41.6 Å². The number of nitrogens with one attached hydrogen (secondary N) is 1. The Morgan fingerprint density at radius 2 is 1.89 bits per heavy atom. The molecule has 1 aromatic carbocycles. The summed E-state index contributed by atoms with van der Waals surface area (Å²) in [5.41, 5.74) is 3.46. The fourth-order valence-corrected chi connectivity index (χ4v) is 3.26. The number of imidazole rings is 1. The first-order chi connectivity index (χ1) is 13.4. The summed E-state index contributed by atoms with van der Waals surface area (Å²) in [4.78, 5) is 35.8. The number of methoxy groups -OCH3 is 2. The number of aromatic amines is 1. The predicted molar refractivity (Wildman–Crippen MR) is 104 cm³/mol. The number of aromatic nitrogens is 4. The van der Waals surface area contributed by atoms with Gasteiger partial charge in [-0.1, -0.05) is 0 Å². The summed E-state index contributed by atoms with van der Waals surface area (Å²) in [6, 6.07) is 8.76. The normalized spacial score (nSPS) is 11.1. The van der Waals surface area contributed by atoms with Crippen molar-refractivity contribution < 1.29 is 19.1 Å².